The largest absolute Gasteiger partial charge is 0.456 e. The summed E-state index contributed by atoms with van der Waals surface area (Å²) in [4.78, 5) is 0. The summed E-state index contributed by atoms with van der Waals surface area (Å²) >= 11 is 0. The zero-order valence-corrected chi connectivity index (χ0v) is 30.9. The molecule has 11 aromatic rings. The fourth-order valence-electron chi connectivity index (χ4n) is 9.34. The molecule has 3 N–H and O–H groups in total. The van der Waals surface area contributed by atoms with Crippen LogP contribution in [0.25, 0.3) is 76.9 Å². The second kappa shape index (κ2) is 12.8. The summed E-state index contributed by atoms with van der Waals surface area (Å²) < 4.78 is 11.3. The van der Waals surface area contributed by atoms with Gasteiger partial charge in [-0.3, -0.25) is 16.0 Å². The van der Waals surface area contributed by atoms with E-state index in [9.17, 15) is 0 Å². The molecule has 272 valence electrons. The quantitative estimate of drug-likeness (QED) is 0.165. The van der Waals surface area contributed by atoms with Gasteiger partial charge in [-0.15, -0.1) is 0 Å². The average Bonchev–Trinajstić information content (AvgIpc) is 3.95. The predicted octanol–water partition coefficient (Wildman–Crippen LogP) is 12.0. The zero-order valence-electron chi connectivity index (χ0n) is 30.9. The SMILES string of the molecule is c1ccc(C2NC(c3ccccc3)NC(c3cccc(-n4c5ccccc5c5c4ccc4c6c7c(ccc6n(-c6ccccc6)c45)oc4ccccc47)c3)N2)cc1. The van der Waals surface area contributed by atoms with E-state index in [0.717, 1.165) is 55.4 Å². The van der Waals surface area contributed by atoms with Crippen molar-refractivity contribution in [3.8, 4) is 11.4 Å². The van der Waals surface area contributed by atoms with Gasteiger partial charge in [0.1, 0.15) is 11.2 Å². The van der Waals surface area contributed by atoms with Gasteiger partial charge >= 0.3 is 0 Å². The molecule has 0 saturated carbocycles. The molecule has 1 aliphatic heterocycles. The summed E-state index contributed by atoms with van der Waals surface area (Å²) in [5, 5.41) is 18.7. The smallest absolute Gasteiger partial charge is 0.136 e. The minimum Gasteiger partial charge on any atom is -0.456 e. The van der Waals surface area contributed by atoms with Crippen molar-refractivity contribution in [2.24, 2.45) is 0 Å². The van der Waals surface area contributed by atoms with Crippen molar-refractivity contribution in [3.63, 3.8) is 0 Å². The number of nitrogens with one attached hydrogen (secondary N) is 3. The van der Waals surface area contributed by atoms with Crippen LogP contribution in [0.1, 0.15) is 35.2 Å². The molecular formula is C51H37N5O. The molecule has 0 aliphatic carbocycles. The van der Waals surface area contributed by atoms with Crippen molar-refractivity contribution in [1.82, 2.24) is 25.1 Å². The predicted molar refractivity (Wildman–Crippen MR) is 233 cm³/mol. The van der Waals surface area contributed by atoms with E-state index in [1.165, 1.54) is 38.2 Å². The van der Waals surface area contributed by atoms with Gasteiger partial charge in [0, 0.05) is 43.7 Å². The van der Waals surface area contributed by atoms with Gasteiger partial charge in [0.25, 0.3) is 0 Å². The lowest BCUT2D eigenvalue weighted by Crippen LogP contribution is -2.54. The van der Waals surface area contributed by atoms with Gasteiger partial charge in [-0.2, -0.15) is 0 Å². The maximum atomic E-state index is 6.44. The number of hydrogen-bond acceptors (Lipinski definition) is 4. The van der Waals surface area contributed by atoms with Gasteiger partial charge in [-0.25, -0.2) is 0 Å². The lowest BCUT2D eigenvalue weighted by molar-refractivity contribution is 0.203. The number of rotatable bonds is 5. The van der Waals surface area contributed by atoms with Gasteiger partial charge in [0.2, 0.25) is 0 Å². The monoisotopic (exact) mass is 735 g/mol. The van der Waals surface area contributed by atoms with Crippen LogP contribution in [0.2, 0.25) is 0 Å². The molecule has 8 aromatic carbocycles. The average molecular weight is 736 g/mol. The minimum atomic E-state index is -0.116. The topological polar surface area (TPSA) is 59.1 Å². The highest BCUT2D eigenvalue weighted by atomic mass is 16.3. The summed E-state index contributed by atoms with van der Waals surface area (Å²) in [6, 6.07) is 67.2. The van der Waals surface area contributed by atoms with Crippen LogP contribution < -0.4 is 16.0 Å². The maximum absolute atomic E-state index is 6.44. The number of hydrogen-bond donors (Lipinski definition) is 3. The van der Waals surface area contributed by atoms with E-state index in [4.69, 9.17) is 4.42 Å². The third-order valence-electron chi connectivity index (χ3n) is 11.8. The molecule has 3 aromatic heterocycles. The van der Waals surface area contributed by atoms with E-state index in [0.29, 0.717) is 0 Å². The highest BCUT2D eigenvalue weighted by molar-refractivity contribution is 6.32. The molecule has 4 heterocycles. The molecule has 1 aliphatic rings. The first kappa shape index (κ1) is 32.3. The van der Waals surface area contributed by atoms with E-state index < -0.39 is 0 Å². The molecule has 57 heavy (non-hydrogen) atoms. The Balaban J connectivity index is 1.09. The van der Waals surface area contributed by atoms with Crippen molar-refractivity contribution >= 4 is 65.6 Å². The molecule has 6 nitrogen and oxygen atoms in total. The summed E-state index contributed by atoms with van der Waals surface area (Å²) in [7, 11) is 0. The third-order valence-corrected chi connectivity index (χ3v) is 11.8. The molecule has 0 radical (unpaired) electrons. The standard InChI is InChI=1S/C51H37N5O/c1-4-15-32(16-5-1)49-52-50(33-17-6-2-7-18-33)54-51(53-49)34-19-14-22-36(31-34)55-40-25-12-10-23-37(40)46-42(55)28-27-39-45-41(56(48(39)46)35-20-8-3-9-21-35)29-30-44-47(45)38-24-11-13-26-43(38)57-44/h1-31,49-54H. The molecule has 0 bridgehead atoms. The number of aromatic nitrogens is 2. The molecule has 6 heteroatoms. The van der Waals surface area contributed by atoms with Crippen molar-refractivity contribution in [3.05, 3.63) is 205 Å². The molecule has 1 saturated heterocycles. The van der Waals surface area contributed by atoms with Gasteiger partial charge in [0.15, 0.2) is 0 Å². The molecule has 12 rings (SSSR count). The Labute approximate surface area is 328 Å². The molecule has 0 amide bonds. The van der Waals surface area contributed by atoms with E-state index in [-0.39, 0.29) is 18.5 Å². The highest BCUT2D eigenvalue weighted by Crippen LogP contribution is 2.46. The molecule has 0 spiro atoms. The summed E-state index contributed by atoms with van der Waals surface area (Å²) in [5.74, 6) is 0. The van der Waals surface area contributed by atoms with E-state index in [2.05, 4.69) is 207 Å². The number of para-hydroxylation sites is 3. The first-order chi connectivity index (χ1) is 28.3. The highest BCUT2D eigenvalue weighted by Gasteiger charge is 2.30. The minimum absolute atomic E-state index is 0.0495. The Morgan fingerprint density at radius 3 is 1.65 bits per heavy atom. The van der Waals surface area contributed by atoms with Gasteiger partial charge < -0.3 is 13.6 Å². The fourth-order valence-corrected chi connectivity index (χ4v) is 9.34. The van der Waals surface area contributed by atoms with E-state index >= 15 is 0 Å². The molecule has 2 atom stereocenters. The summed E-state index contributed by atoms with van der Waals surface area (Å²) in [6.07, 6.45) is -0.215. The maximum Gasteiger partial charge on any atom is 0.136 e. The first-order valence-electron chi connectivity index (χ1n) is 19.6. The Hall–Kier alpha value is -6.96. The van der Waals surface area contributed by atoms with Gasteiger partial charge in [-0.05, 0) is 71.3 Å². The van der Waals surface area contributed by atoms with Crippen LogP contribution in [-0.2, 0) is 0 Å². The lowest BCUT2D eigenvalue weighted by atomic mass is 10.0. The zero-order chi connectivity index (χ0) is 37.5. The van der Waals surface area contributed by atoms with Gasteiger partial charge in [-0.1, -0.05) is 133 Å². The van der Waals surface area contributed by atoms with Crippen LogP contribution in [0.3, 0.4) is 0 Å². The van der Waals surface area contributed by atoms with Gasteiger partial charge in [0.05, 0.1) is 40.6 Å². The second-order valence-electron chi connectivity index (χ2n) is 15.0. The van der Waals surface area contributed by atoms with Crippen LogP contribution in [-0.4, -0.2) is 9.13 Å². The number of fused-ring (bicyclic) bond motifs is 11. The summed E-state index contributed by atoms with van der Waals surface area (Å²) in [6.45, 7) is 0. The van der Waals surface area contributed by atoms with E-state index in [1.54, 1.807) is 0 Å². The molecular weight excluding hydrogens is 699 g/mol. The number of benzene rings is 8. The Bertz CT molecular complexity index is 3240. The molecule has 1 fully saturated rings. The van der Waals surface area contributed by atoms with Crippen LogP contribution in [0.5, 0.6) is 0 Å². The van der Waals surface area contributed by atoms with Crippen molar-refractivity contribution < 1.29 is 4.42 Å². The summed E-state index contributed by atoms with van der Waals surface area (Å²) in [5.41, 5.74) is 12.3. The Morgan fingerprint density at radius 1 is 0.351 bits per heavy atom. The molecule has 2 unspecified atom stereocenters. The second-order valence-corrected chi connectivity index (χ2v) is 15.0. The Morgan fingerprint density at radius 2 is 0.912 bits per heavy atom. The van der Waals surface area contributed by atoms with E-state index in [1.807, 2.05) is 6.07 Å². The fraction of sp³-hybridized carbons (Fsp3) is 0.0588. The lowest BCUT2D eigenvalue weighted by Gasteiger charge is -2.39. The van der Waals surface area contributed by atoms with Crippen molar-refractivity contribution in [2.45, 2.75) is 18.5 Å². The number of nitrogens with zero attached hydrogens (tertiary/aromatic N) is 2. The van der Waals surface area contributed by atoms with Crippen LogP contribution in [0, 0.1) is 0 Å². The number of furan rings is 1. The van der Waals surface area contributed by atoms with Crippen LogP contribution >= 0.6 is 0 Å². The first-order valence-corrected chi connectivity index (χ1v) is 19.6. The van der Waals surface area contributed by atoms with Crippen LogP contribution in [0.4, 0.5) is 0 Å². The van der Waals surface area contributed by atoms with Crippen LogP contribution in [0.15, 0.2) is 192 Å². The van der Waals surface area contributed by atoms with Crippen molar-refractivity contribution in [1.29, 1.82) is 0 Å². The normalized spacial score (nSPS) is 17.4. The third kappa shape index (κ3) is 5.02. The Kier molecular flexibility index (Phi) is 7.25. The van der Waals surface area contributed by atoms with Crippen molar-refractivity contribution in [2.75, 3.05) is 0 Å².